The van der Waals surface area contributed by atoms with Gasteiger partial charge in [-0.1, -0.05) is 36.7 Å². The van der Waals surface area contributed by atoms with Crippen molar-refractivity contribution < 1.29 is 9.53 Å². The molecule has 0 aliphatic carbocycles. The Morgan fingerprint density at radius 1 is 1.38 bits per heavy atom. The van der Waals surface area contributed by atoms with E-state index in [0.29, 0.717) is 0 Å². The Bertz CT molecular complexity index is 392. The molecule has 1 aromatic carbocycles. The van der Waals surface area contributed by atoms with Crippen molar-refractivity contribution in [3.05, 3.63) is 27.7 Å². The highest BCUT2D eigenvalue weighted by Gasteiger charge is 2.20. The Balaban J connectivity index is 3.22. The van der Waals surface area contributed by atoms with Gasteiger partial charge in [0.1, 0.15) is 12.4 Å². The van der Waals surface area contributed by atoms with Crippen molar-refractivity contribution >= 4 is 22.2 Å². The molecule has 0 unspecified atom stereocenters. The van der Waals surface area contributed by atoms with Crippen LogP contribution in [0.2, 0.25) is 0 Å². The van der Waals surface area contributed by atoms with Gasteiger partial charge in [-0.15, -0.1) is 0 Å². The molecule has 0 N–H and O–H groups in total. The molecule has 0 saturated carbocycles. The van der Waals surface area contributed by atoms with Gasteiger partial charge in [0.05, 0.1) is 0 Å². The first-order chi connectivity index (χ1) is 7.36. The summed E-state index contributed by atoms with van der Waals surface area (Å²) in [7, 11) is 0. The van der Waals surface area contributed by atoms with Crippen molar-refractivity contribution in [2.45, 2.75) is 33.1 Å². The lowest BCUT2D eigenvalue weighted by Crippen LogP contribution is -2.14. The molecule has 0 heterocycles. The first-order valence-electron chi connectivity index (χ1n) is 5.23. The normalized spacial score (nSPS) is 11.3. The van der Waals surface area contributed by atoms with Gasteiger partial charge in [0, 0.05) is 10.0 Å². The molecule has 0 aliphatic rings. The Labute approximate surface area is 105 Å². The predicted octanol–water partition coefficient (Wildman–Crippen LogP) is 3.63. The largest absolute Gasteiger partial charge is 0.486 e. The summed E-state index contributed by atoms with van der Waals surface area (Å²) in [5.74, 6) is 0.792. The van der Waals surface area contributed by atoms with Gasteiger partial charge in [-0.25, -0.2) is 0 Å². The van der Waals surface area contributed by atoms with Crippen LogP contribution in [0, 0.1) is 6.92 Å². The molecule has 0 fully saturated rings. The highest BCUT2D eigenvalue weighted by atomic mass is 79.9. The van der Waals surface area contributed by atoms with Gasteiger partial charge in [-0.05, 0) is 30.0 Å². The quantitative estimate of drug-likeness (QED) is 0.793. The van der Waals surface area contributed by atoms with E-state index in [9.17, 15) is 4.79 Å². The van der Waals surface area contributed by atoms with Crippen LogP contribution in [0.3, 0.4) is 0 Å². The third kappa shape index (κ3) is 3.08. The topological polar surface area (TPSA) is 26.3 Å². The molecule has 88 valence electrons. The molecule has 1 rings (SSSR count). The Kier molecular flexibility index (Phi) is 4.14. The van der Waals surface area contributed by atoms with Crippen molar-refractivity contribution in [1.29, 1.82) is 0 Å². The zero-order valence-corrected chi connectivity index (χ0v) is 11.7. The van der Waals surface area contributed by atoms with Gasteiger partial charge < -0.3 is 4.74 Å². The molecule has 3 heteroatoms. The van der Waals surface area contributed by atoms with Crippen LogP contribution in [0.5, 0.6) is 5.75 Å². The Morgan fingerprint density at radius 3 is 2.50 bits per heavy atom. The first-order valence-corrected chi connectivity index (χ1v) is 6.02. The summed E-state index contributed by atoms with van der Waals surface area (Å²) in [6, 6.07) is 4.03. The smallest absolute Gasteiger partial charge is 0.157 e. The molecule has 1 aromatic rings. The second kappa shape index (κ2) is 5.00. The monoisotopic (exact) mass is 284 g/mol. The fourth-order valence-corrected chi connectivity index (χ4v) is 1.83. The fourth-order valence-electron chi connectivity index (χ4n) is 1.48. The summed E-state index contributed by atoms with van der Waals surface area (Å²) >= 11 is 3.52. The van der Waals surface area contributed by atoms with Gasteiger partial charge in [0.15, 0.2) is 6.29 Å². The van der Waals surface area contributed by atoms with Crippen LogP contribution in [-0.2, 0) is 10.2 Å². The summed E-state index contributed by atoms with van der Waals surface area (Å²) in [5.41, 5.74) is 2.20. The lowest BCUT2D eigenvalue weighted by atomic mass is 9.86. The predicted molar refractivity (Wildman–Crippen MR) is 69.1 cm³/mol. The van der Waals surface area contributed by atoms with E-state index in [-0.39, 0.29) is 12.0 Å². The lowest BCUT2D eigenvalue weighted by molar-refractivity contribution is -0.109. The Hall–Kier alpha value is -0.830. The molecule has 0 atom stereocenters. The molecule has 0 aliphatic heterocycles. The van der Waals surface area contributed by atoms with Crippen molar-refractivity contribution in [3.63, 3.8) is 0 Å². The minimum Gasteiger partial charge on any atom is -0.486 e. The maximum Gasteiger partial charge on any atom is 0.157 e. The average molecular weight is 285 g/mol. The van der Waals surface area contributed by atoms with Gasteiger partial charge in [0.2, 0.25) is 0 Å². The Morgan fingerprint density at radius 2 is 2.00 bits per heavy atom. The third-order valence-corrected chi connectivity index (χ3v) is 3.23. The number of benzene rings is 1. The van der Waals surface area contributed by atoms with Crippen molar-refractivity contribution in [2.75, 3.05) is 6.61 Å². The molecule has 0 amide bonds. The van der Waals surface area contributed by atoms with Crippen LogP contribution in [0.25, 0.3) is 0 Å². The fraction of sp³-hybridized carbons (Fsp3) is 0.462. The second-order valence-electron chi connectivity index (χ2n) is 4.83. The number of rotatable bonds is 3. The average Bonchev–Trinajstić information content (AvgIpc) is 2.17. The molecule has 0 radical (unpaired) electrons. The van der Waals surface area contributed by atoms with E-state index in [0.717, 1.165) is 27.6 Å². The van der Waals surface area contributed by atoms with Crippen LogP contribution in [0.4, 0.5) is 0 Å². The van der Waals surface area contributed by atoms with E-state index >= 15 is 0 Å². The third-order valence-electron chi connectivity index (χ3n) is 2.38. The number of ether oxygens (including phenoxy) is 1. The summed E-state index contributed by atoms with van der Waals surface area (Å²) in [6.45, 7) is 8.47. The molecular formula is C13H17BrO2. The van der Waals surface area contributed by atoms with Crippen LogP contribution in [0.1, 0.15) is 31.9 Å². The summed E-state index contributed by atoms with van der Waals surface area (Å²) < 4.78 is 6.53. The number of carbonyl (C=O) groups excluding carboxylic acids is 1. The van der Waals surface area contributed by atoms with E-state index in [2.05, 4.69) is 42.8 Å². The van der Waals surface area contributed by atoms with E-state index in [4.69, 9.17) is 4.74 Å². The minimum atomic E-state index is -0.00552. The van der Waals surface area contributed by atoms with E-state index in [1.54, 1.807) is 0 Å². The summed E-state index contributed by atoms with van der Waals surface area (Å²) in [5, 5.41) is 0. The number of hydrogen-bond acceptors (Lipinski definition) is 2. The molecule has 0 saturated heterocycles. The minimum absolute atomic E-state index is 0.00552. The standard InChI is InChI=1S/C13H17BrO2/c1-9-7-12(16-6-5-15)10(8-11(9)14)13(2,3)4/h5,7-8H,6H2,1-4H3. The SMILES string of the molecule is Cc1cc(OCC=O)c(C(C)(C)C)cc1Br. The van der Waals surface area contributed by atoms with Gasteiger partial charge in [-0.2, -0.15) is 0 Å². The van der Waals surface area contributed by atoms with Gasteiger partial charge in [-0.3, -0.25) is 4.79 Å². The van der Waals surface area contributed by atoms with Crippen LogP contribution in [0.15, 0.2) is 16.6 Å². The second-order valence-corrected chi connectivity index (χ2v) is 5.68. The van der Waals surface area contributed by atoms with Gasteiger partial charge >= 0.3 is 0 Å². The number of aldehydes is 1. The first kappa shape index (κ1) is 13.2. The number of halogens is 1. The zero-order valence-electron chi connectivity index (χ0n) is 10.1. The van der Waals surface area contributed by atoms with Crippen molar-refractivity contribution in [3.8, 4) is 5.75 Å². The summed E-state index contributed by atoms with van der Waals surface area (Å²) in [4.78, 5) is 10.4. The highest BCUT2D eigenvalue weighted by molar-refractivity contribution is 9.10. The number of carbonyl (C=O) groups is 1. The summed E-state index contributed by atoms with van der Waals surface area (Å²) in [6.07, 6.45) is 0.768. The van der Waals surface area contributed by atoms with Crippen molar-refractivity contribution in [1.82, 2.24) is 0 Å². The number of hydrogen-bond donors (Lipinski definition) is 0. The van der Waals surface area contributed by atoms with E-state index in [1.165, 1.54) is 0 Å². The zero-order chi connectivity index (χ0) is 12.3. The molecule has 0 aromatic heterocycles. The lowest BCUT2D eigenvalue weighted by Gasteiger charge is -2.23. The van der Waals surface area contributed by atoms with Gasteiger partial charge in [0.25, 0.3) is 0 Å². The van der Waals surface area contributed by atoms with Crippen LogP contribution < -0.4 is 4.74 Å². The van der Waals surface area contributed by atoms with Crippen molar-refractivity contribution in [2.24, 2.45) is 0 Å². The van der Waals surface area contributed by atoms with E-state index in [1.807, 2.05) is 13.0 Å². The van der Waals surface area contributed by atoms with Crippen LogP contribution >= 0.6 is 15.9 Å². The molecule has 16 heavy (non-hydrogen) atoms. The molecule has 0 bridgehead atoms. The van der Waals surface area contributed by atoms with E-state index < -0.39 is 0 Å². The maximum absolute atomic E-state index is 10.4. The molecule has 2 nitrogen and oxygen atoms in total. The number of aryl methyl sites for hydroxylation is 1. The highest BCUT2D eigenvalue weighted by Crippen LogP contribution is 2.35. The molecular weight excluding hydrogens is 268 g/mol. The molecule has 0 spiro atoms. The maximum atomic E-state index is 10.4. The van der Waals surface area contributed by atoms with Crippen LogP contribution in [-0.4, -0.2) is 12.9 Å².